The van der Waals surface area contributed by atoms with Gasteiger partial charge in [-0.15, -0.1) is 0 Å². The Bertz CT molecular complexity index is 617. The van der Waals surface area contributed by atoms with E-state index >= 15 is 0 Å². The largest absolute Gasteiger partial charge is 0.378 e. The van der Waals surface area contributed by atoms with Crippen molar-refractivity contribution in [2.24, 2.45) is 5.92 Å². The van der Waals surface area contributed by atoms with Crippen molar-refractivity contribution in [3.63, 3.8) is 0 Å². The molecule has 1 saturated carbocycles. The molecule has 136 valence electrons. The Morgan fingerprint density at radius 1 is 1.28 bits per heavy atom. The summed E-state index contributed by atoms with van der Waals surface area (Å²) in [5, 5.41) is 0. The Morgan fingerprint density at radius 3 is 2.84 bits per heavy atom. The van der Waals surface area contributed by atoms with E-state index in [0.29, 0.717) is 19.2 Å². The fraction of sp³-hybridized carbons (Fsp3) is 0.667. The van der Waals surface area contributed by atoms with E-state index in [2.05, 4.69) is 0 Å². The van der Waals surface area contributed by atoms with Crippen molar-refractivity contribution in [3.05, 3.63) is 35.4 Å². The molecular weight excluding hydrogens is 314 g/mol. The average Bonchev–Trinajstić information content (AvgIpc) is 3.11. The van der Waals surface area contributed by atoms with Crippen LogP contribution < -0.4 is 0 Å². The highest BCUT2D eigenvalue weighted by Crippen LogP contribution is 2.36. The van der Waals surface area contributed by atoms with E-state index in [9.17, 15) is 4.79 Å². The molecule has 1 aliphatic carbocycles. The van der Waals surface area contributed by atoms with Gasteiger partial charge in [0, 0.05) is 25.2 Å². The van der Waals surface area contributed by atoms with Gasteiger partial charge in [0.2, 0.25) is 0 Å². The van der Waals surface area contributed by atoms with Crippen LogP contribution >= 0.6 is 0 Å². The van der Waals surface area contributed by atoms with Crippen LogP contribution in [0.25, 0.3) is 0 Å². The molecular formula is C21H29NO3. The molecule has 1 aromatic rings. The van der Waals surface area contributed by atoms with Gasteiger partial charge in [0.1, 0.15) is 5.60 Å². The molecule has 1 atom stereocenters. The summed E-state index contributed by atoms with van der Waals surface area (Å²) in [6.07, 6.45) is 7.59. The molecule has 3 fully saturated rings. The van der Waals surface area contributed by atoms with Crippen LogP contribution in [0.2, 0.25) is 0 Å². The number of ether oxygens (including phenoxy) is 2. The number of benzene rings is 1. The van der Waals surface area contributed by atoms with E-state index in [-0.39, 0.29) is 11.5 Å². The third kappa shape index (κ3) is 3.75. The van der Waals surface area contributed by atoms with Crippen molar-refractivity contribution < 1.29 is 14.3 Å². The van der Waals surface area contributed by atoms with Crippen LogP contribution in [0, 0.1) is 12.8 Å². The standard InChI is InChI=1S/C21H29NO3/c1-16-5-4-8-18(11-16)20(23)22-14-21(15-22)12-19(9-10-25-21)24-13-17-6-2-3-7-17/h4-5,8,11,17,19H,2-3,6-7,9-10,12-15H2,1H3/t19-/m0/s1. The summed E-state index contributed by atoms with van der Waals surface area (Å²) in [5.41, 5.74) is 1.73. The van der Waals surface area contributed by atoms with Crippen molar-refractivity contribution >= 4 is 5.91 Å². The second-order valence-electron chi connectivity index (χ2n) is 8.16. The van der Waals surface area contributed by atoms with Gasteiger partial charge in [-0.1, -0.05) is 30.5 Å². The van der Waals surface area contributed by atoms with Crippen molar-refractivity contribution in [2.45, 2.75) is 57.2 Å². The monoisotopic (exact) mass is 343 g/mol. The smallest absolute Gasteiger partial charge is 0.254 e. The SMILES string of the molecule is Cc1cccc(C(=O)N2CC3(C[C@@H](OCC4CCCC4)CCO3)C2)c1. The lowest BCUT2D eigenvalue weighted by Crippen LogP contribution is -2.67. The lowest BCUT2D eigenvalue weighted by molar-refractivity contribution is -0.187. The Kier molecular flexibility index (Phi) is 4.83. The third-order valence-electron chi connectivity index (χ3n) is 6.00. The predicted octanol–water partition coefficient (Wildman–Crippen LogP) is 3.58. The van der Waals surface area contributed by atoms with Gasteiger partial charge >= 0.3 is 0 Å². The molecule has 0 N–H and O–H groups in total. The molecule has 4 heteroatoms. The van der Waals surface area contributed by atoms with Crippen molar-refractivity contribution in [1.82, 2.24) is 4.90 Å². The van der Waals surface area contributed by atoms with Gasteiger partial charge in [-0.05, 0) is 44.2 Å². The molecule has 0 aromatic heterocycles. The molecule has 2 heterocycles. The maximum atomic E-state index is 12.6. The minimum Gasteiger partial charge on any atom is -0.378 e. The van der Waals surface area contributed by atoms with Gasteiger partial charge in [-0.3, -0.25) is 4.79 Å². The van der Waals surface area contributed by atoms with Gasteiger partial charge in [-0.25, -0.2) is 0 Å². The van der Waals surface area contributed by atoms with Crippen LogP contribution in [0.1, 0.15) is 54.4 Å². The van der Waals surface area contributed by atoms with E-state index in [4.69, 9.17) is 9.47 Å². The first kappa shape index (κ1) is 17.0. The molecule has 0 radical (unpaired) electrons. The first-order chi connectivity index (χ1) is 12.1. The van der Waals surface area contributed by atoms with Gasteiger partial charge in [0.05, 0.1) is 19.2 Å². The second kappa shape index (κ2) is 7.08. The zero-order chi connectivity index (χ0) is 17.3. The summed E-state index contributed by atoms with van der Waals surface area (Å²) >= 11 is 0. The van der Waals surface area contributed by atoms with E-state index in [1.807, 2.05) is 36.1 Å². The van der Waals surface area contributed by atoms with Crippen molar-refractivity contribution in [1.29, 1.82) is 0 Å². The van der Waals surface area contributed by atoms with Gasteiger partial charge in [0.25, 0.3) is 5.91 Å². The van der Waals surface area contributed by atoms with Crippen LogP contribution in [0.15, 0.2) is 24.3 Å². The molecule has 4 nitrogen and oxygen atoms in total. The first-order valence-corrected chi connectivity index (χ1v) is 9.75. The lowest BCUT2D eigenvalue weighted by atomic mass is 9.84. The highest BCUT2D eigenvalue weighted by Gasteiger charge is 2.49. The van der Waals surface area contributed by atoms with E-state index in [1.54, 1.807) is 0 Å². The number of carbonyl (C=O) groups excluding carboxylic acids is 1. The highest BCUT2D eigenvalue weighted by molar-refractivity contribution is 5.95. The number of nitrogens with zero attached hydrogens (tertiary/aromatic N) is 1. The summed E-state index contributed by atoms with van der Waals surface area (Å²) < 4.78 is 12.3. The molecule has 0 unspecified atom stereocenters. The van der Waals surface area contributed by atoms with Gasteiger partial charge in [0.15, 0.2) is 0 Å². The van der Waals surface area contributed by atoms with Gasteiger partial charge < -0.3 is 14.4 Å². The fourth-order valence-electron chi connectivity index (χ4n) is 4.55. The summed E-state index contributed by atoms with van der Waals surface area (Å²) in [6.45, 7) is 5.07. The molecule has 25 heavy (non-hydrogen) atoms. The topological polar surface area (TPSA) is 38.8 Å². The summed E-state index contributed by atoms with van der Waals surface area (Å²) in [4.78, 5) is 14.5. The molecule has 1 spiro atoms. The molecule has 1 amide bonds. The zero-order valence-corrected chi connectivity index (χ0v) is 15.2. The quantitative estimate of drug-likeness (QED) is 0.839. The molecule has 1 aromatic carbocycles. The van der Waals surface area contributed by atoms with Crippen molar-refractivity contribution in [2.75, 3.05) is 26.3 Å². The molecule has 2 saturated heterocycles. The minimum atomic E-state index is -0.169. The number of hydrogen-bond acceptors (Lipinski definition) is 3. The Hall–Kier alpha value is -1.39. The van der Waals surface area contributed by atoms with E-state index < -0.39 is 0 Å². The van der Waals surface area contributed by atoms with Gasteiger partial charge in [-0.2, -0.15) is 0 Å². The number of carbonyl (C=O) groups is 1. The molecule has 3 aliphatic rings. The number of rotatable bonds is 4. The van der Waals surface area contributed by atoms with Crippen LogP contribution in [-0.2, 0) is 9.47 Å². The fourth-order valence-corrected chi connectivity index (χ4v) is 4.55. The van der Waals surface area contributed by atoms with Crippen LogP contribution in [0.4, 0.5) is 0 Å². The van der Waals surface area contributed by atoms with Crippen molar-refractivity contribution in [3.8, 4) is 0 Å². The normalized spacial score (nSPS) is 26.0. The lowest BCUT2D eigenvalue weighted by Gasteiger charge is -2.53. The summed E-state index contributed by atoms with van der Waals surface area (Å²) in [5.74, 6) is 0.881. The Morgan fingerprint density at radius 2 is 2.08 bits per heavy atom. The highest BCUT2D eigenvalue weighted by atomic mass is 16.5. The predicted molar refractivity (Wildman–Crippen MR) is 96.7 cm³/mol. The van der Waals surface area contributed by atoms with E-state index in [0.717, 1.165) is 43.1 Å². The van der Waals surface area contributed by atoms with Crippen LogP contribution in [-0.4, -0.2) is 48.8 Å². The minimum absolute atomic E-state index is 0.118. The molecule has 2 aliphatic heterocycles. The Balaban J connectivity index is 1.29. The molecule has 4 rings (SSSR count). The first-order valence-electron chi connectivity index (χ1n) is 9.75. The number of aryl methyl sites for hydroxylation is 1. The zero-order valence-electron chi connectivity index (χ0n) is 15.2. The second-order valence-corrected chi connectivity index (χ2v) is 8.16. The number of likely N-dealkylation sites (tertiary alicyclic amines) is 1. The Labute approximate surface area is 150 Å². The summed E-state index contributed by atoms with van der Waals surface area (Å²) in [7, 11) is 0. The van der Waals surface area contributed by atoms with Crippen LogP contribution in [0.5, 0.6) is 0 Å². The summed E-state index contributed by atoms with van der Waals surface area (Å²) in [6, 6.07) is 7.82. The number of hydrogen-bond donors (Lipinski definition) is 0. The molecule has 0 bridgehead atoms. The van der Waals surface area contributed by atoms with E-state index in [1.165, 1.54) is 25.7 Å². The maximum absolute atomic E-state index is 12.6. The maximum Gasteiger partial charge on any atom is 0.254 e. The number of amides is 1. The van der Waals surface area contributed by atoms with Crippen LogP contribution in [0.3, 0.4) is 0 Å². The third-order valence-corrected chi connectivity index (χ3v) is 6.00. The average molecular weight is 343 g/mol.